The standard InChI is InChI=1S/C15H19N3O3/c1-3-11-10-14(19)18-15(17-11)16-8-9-21-13-6-4-12(20-2)5-7-13/h4-7,10H,3,8-9H2,1-2H3,(H2,16,17,18,19). The molecule has 6 nitrogen and oxygen atoms in total. The minimum atomic E-state index is -0.152. The summed E-state index contributed by atoms with van der Waals surface area (Å²) in [4.78, 5) is 18.3. The van der Waals surface area contributed by atoms with Crippen LogP contribution in [0.2, 0.25) is 0 Å². The molecule has 0 spiro atoms. The second-order valence-corrected chi connectivity index (χ2v) is 4.39. The van der Waals surface area contributed by atoms with Crippen LogP contribution in [-0.2, 0) is 6.42 Å². The number of methoxy groups -OCH3 is 1. The number of ether oxygens (including phenoxy) is 2. The average molecular weight is 289 g/mol. The Morgan fingerprint density at radius 3 is 2.62 bits per heavy atom. The highest BCUT2D eigenvalue weighted by atomic mass is 16.5. The summed E-state index contributed by atoms with van der Waals surface area (Å²) < 4.78 is 10.7. The minimum Gasteiger partial charge on any atom is -0.497 e. The first kappa shape index (κ1) is 14.9. The van der Waals surface area contributed by atoms with E-state index in [1.165, 1.54) is 6.07 Å². The number of hydrogen-bond acceptors (Lipinski definition) is 5. The van der Waals surface area contributed by atoms with Gasteiger partial charge in [-0.05, 0) is 30.7 Å². The fourth-order valence-corrected chi connectivity index (χ4v) is 1.78. The van der Waals surface area contributed by atoms with Crippen molar-refractivity contribution in [1.82, 2.24) is 9.97 Å². The molecule has 0 radical (unpaired) electrons. The van der Waals surface area contributed by atoms with Crippen LogP contribution in [0.15, 0.2) is 35.1 Å². The third-order valence-electron chi connectivity index (χ3n) is 2.88. The van der Waals surface area contributed by atoms with Crippen molar-refractivity contribution in [3.8, 4) is 11.5 Å². The van der Waals surface area contributed by atoms with Gasteiger partial charge in [0.15, 0.2) is 0 Å². The molecule has 112 valence electrons. The van der Waals surface area contributed by atoms with Gasteiger partial charge in [0.05, 0.1) is 13.7 Å². The molecule has 0 bridgehead atoms. The van der Waals surface area contributed by atoms with Crippen LogP contribution in [-0.4, -0.2) is 30.2 Å². The van der Waals surface area contributed by atoms with Crippen LogP contribution in [0.4, 0.5) is 5.95 Å². The zero-order chi connectivity index (χ0) is 15.1. The summed E-state index contributed by atoms with van der Waals surface area (Å²) in [7, 11) is 1.62. The van der Waals surface area contributed by atoms with Crippen LogP contribution < -0.4 is 20.3 Å². The highest BCUT2D eigenvalue weighted by Gasteiger charge is 2.00. The summed E-state index contributed by atoms with van der Waals surface area (Å²) in [5.74, 6) is 2.03. The number of aromatic nitrogens is 2. The molecule has 2 aromatic rings. The molecule has 21 heavy (non-hydrogen) atoms. The maximum Gasteiger partial charge on any atom is 0.252 e. The van der Waals surface area contributed by atoms with E-state index in [1.807, 2.05) is 31.2 Å². The van der Waals surface area contributed by atoms with Crippen LogP contribution in [0.1, 0.15) is 12.6 Å². The summed E-state index contributed by atoms with van der Waals surface area (Å²) in [5.41, 5.74) is 0.609. The molecule has 2 N–H and O–H groups in total. The summed E-state index contributed by atoms with van der Waals surface area (Å²) >= 11 is 0. The molecule has 1 heterocycles. The molecule has 0 saturated carbocycles. The number of nitrogens with zero attached hydrogens (tertiary/aromatic N) is 1. The molecule has 0 unspecified atom stereocenters. The first-order chi connectivity index (χ1) is 10.2. The molecule has 0 amide bonds. The van der Waals surface area contributed by atoms with Crippen molar-refractivity contribution in [1.29, 1.82) is 0 Å². The van der Waals surface area contributed by atoms with E-state index in [1.54, 1.807) is 7.11 Å². The number of aromatic amines is 1. The van der Waals surface area contributed by atoms with Crippen molar-refractivity contribution in [3.05, 3.63) is 46.4 Å². The lowest BCUT2D eigenvalue weighted by Gasteiger charge is -2.09. The SMILES string of the molecule is CCc1cc(=O)[nH]c(NCCOc2ccc(OC)cc2)n1. The van der Waals surface area contributed by atoms with Crippen LogP contribution in [0.3, 0.4) is 0 Å². The lowest BCUT2D eigenvalue weighted by atomic mass is 10.3. The normalized spacial score (nSPS) is 10.2. The van der Waals surface area contributed by atoms with Gasteiger partial charge in [-0.15, -0.1) is 0 Å². The molecule has 0 aliphatic rings. The topological polar surface area (TPSA) is 76.2 Å². The Kier molecular flexibility index (Phi) is 5.20. The molecule has 6 heteroatoms. The number of hydrogen-bond donors (Lipinski definition) is 2. The van der Waals surface area contributed by atoms with E-state index >= 15 is 0 Å². The average Bonchev–Trinajstić information content (AvgIpc) is 2.51. The third kappa shape index (κ3) is 4.52. The molecule has 1 aromatic heterocycles. The predicted octanol–water partition coefficient (Wildman–Crippen LogP) is 1.83. The van der Waals surface area contributed by atoms with Gasteiger partial charge in [0.25, 0.3) is 5.56 Å². The molecule has 0 saturated heterocycles. The van der Waals surface area contributed by atoms with E-state index in [0.717, 1.165) is 23.6 Å². The summed E-state index contributed by atoms with van der Waals surface area (Å²) in [6.45, 7) is 2.97. The Morgan fingerprint density at radius 2 is 1.95 bits per heavy atom. The Hall–Kier alpha value is -2.50. The molecule has 0 aliphatic carbocycles. The molecule has 2 rings (SSSR count). The van der Waals surface area contributed by atoms with Crippen molar-refractivity contribution >= 4 is 5.95 Å². The second-order valence-electron chi connectivity index (χ2n) is 4.39. The quantitative estimate of drug-likeness (QED) is 0.761. The van der Waals surface area contributed by atoms with Gasteiger partial charge < -0.3 is 14.8 Å². The lowest BCUT2D eigenvalue weighted by Crippen LogP contribution is -2.17. The minimum absolute atomic E-state index is 0.152. The van der Waals surface area contributed by atoms with Gasteiger partial charge in [0, 0.05) is 11.8 Å². The predicted molar refractivity (Wildman–Crippen MR) is 81.2 cm³/mol. The smallest absolute Gasteiger partial charge is 0.252 e. The maximum absolute atomic E-state index is 11.4. The van der Waals surface area contributed by atoms with Gasteiger partial charge in [0.1, 0.15) is 18.1 Å². The highest BCUT2D eigenvalue weighted by molar-refractivity contribution is 5.31. The molecular weight excluding hydrogens is 270 g/mol. The highest BCUT2D eigenvalue weighted by Crippen LogP contribution is 2.16. The second kappa shape index (κ2) is 7.33. The number of H-pyrrole nitrogens is 1. The Labute approximate surface area is 123 Å². The summed E-state index contributed by atoms with van der Waals surface area (Å²) in [6, 6.07) is 8.87. The number of aryl methyl sites for hydroxylation is 1. The first-order valence-corrected chi connectivity index (χ1v) is 6.82. The maximum atomic E-state index is 11.4. The van der Waals surface area contributed by atoms with Crippen LogP contribution in [0.5, 0.6) is 11.5 Å². The van der Waals surface area contributed by atoms with Gasteiger partial charge in [-0.25, -0.2) is 4.98 Å². The number of benzene rings is 1. The van der Waals surface area contributed by atoms with Gasteiger partial charge in [-0.3, -0.25) is 9.78 Å². The monoisotopic (exact) mass is 289 g/mol. The van der Waals surface area contributed by atoms with Crippen LogP contribution in [0.25, 0.3) is 0 Å². The Balaban J connectivity index is 1.81. The Bertz CT molecular complexity index is 623. The fraction of sp³-hybridized carbons (Fsp3) is 0.333. The van der Waals surface area contributed by atoms with E-state index in [2.05, 4.69) is 15.3 Å². The molecule has 0 fully saturated rings. The molecular formula is C15H19N3O3. The van der Waals surface area contributed by atoms with Gasteiger partial charge in [-0.1, -0.05) is 6.92 Å². The van der Waals surface area contributed by atoms with Crippen LogP contribution >= 0.6 is 0 Å². The van der Waals surface area contributed by atoms with Gasteiger partial charge >= 0.3 is 0 Å². The number of rotatable bonds is 7. The molecule has 0 aliphatic heterocycles. The van der Waals surface area contributed by atoms with E-state index in [-0.39, 0.29) is 5.56 Å². The molecule has 0 atom stereocenters. The largest absolute Gasteiger partial charge is 0.497 e. The van der Waals surface area contributed by atoms with Gasteiger partial charge in [0.2, 0.25) is 5.95 Å². The lowest BCUT2D eigenvalue weighted by molar-refractivity contribution is 0.331. The van der Waals surface area contributed by atoms with Crippen molar-refractivity contribution in [2.75, 3.05) is 25.6 Å². The van der Waals surface area contributed by atoms with E-state index in [4.69, 9.17) is 9.47 Å². The summed E-state index contributed by atoms with van der Waals surface area (Å²) in [6.07, 6.45) is 0.723. The summed E-state index contributed by atoms with van der Waals surface area (Å²) in [5, 5.41) is 3.04. The van der Waals surface area contributed by atoms with Gasteiger partial charge in [-0.2, -0.15) is 0 Å². The van der Waals surface area contributed by atoms with E-state index in [0.29, 0.717) is 19.1 Å². The molecule has 1 aromatic carbocycles. The number of nitrogens with one attached hydrogen (secondary N) is 2. The number of anilines is 1. The van der Waals surface area contributed by atoms with E-state index < -0.39 is 0 Å². The van der Waals surface area contributed by atoms with E-state index in [9.17, 15) is 4.79 Å². The van der Waals surface area contributed by atoms with Crippen molar-refractivity contribution in [2.45, 2.75) is 13.3 Å². The van der Waals surface area contributed by atoms with Crippen LogP contribution in [0, 0.1) is 0 Å². The van der Waals surface area contributed by atoms with Crippen molar-refractivity contribution in [3.63, 3.8) is 0 Å². The zero-order valence-corrected chi connectivity index (χ0v) is 12.2. The Morgan fingerprint density at radius 1 is 1.24 bits per heavy atom. The third-order valence-corrected chi connectivity index (χ3v) is 2.88. The van der Waals surface area contributed by atoms with Crippen molar-refractivity contribution in [2.24, 2.45) is 0 Å². The van der Waals surface area contributed by atoms with Crippen molar-refractivity contribution < 1.29 is 9.47 Å². The fourth-order valence-electron chi connectivity index (χ4n) is 1.78. The zero-order valence-electron chi connectivity index (χ0n) is 12.2. The first-order valence-electron chi connectivity index (χ1n) is 6.82.